The normalized spacial score (nSPS) is 25.8. The first kappa shape index (κ1) is 27.1. The van der Waals surface area contributed by atoms with Crippen LogP contribution < -0.4 is 5.32 Å². The summed E-state index contributed by atoms with van der Waals surface area (Å²) in [5.41, 5.74) is 2.68. The highest BCUT2D eigenvalue weighted by Crippen LogP contribution is 2.39. The number of carboxylic acids is 1. The third-order valence-corrected chi connectivity index (χ3v) is 7.02. The van der Waals surface area contributed by atoms with E-state index < -0.39 is 11.9 Å². The summed E-state index contributed by atoms with van der Waals surface area (Å²) >= 11 is 0. The predicted octanol–water partition coefficient (Wildman–Crippen LogP) is 6.54. The van der Waals surface area contributed by atoms with Crippen molar-refractivity contribution in [1.82, 2.24) is 5.32 Å². The van der Waals surface area contributed by atoms with Gasteiger partial charge in [-0.2, -0.15) is 0 Å². The van der Waals surface area contributed by atoms with Gasteiger partial charge in [-0.3, -0.25) is 14.6 Å². The molecular weight excluding hydrogens is 443 g/mol. The summed E-state index contributed by atoms with van der Waals surface area (Å²) in [6.07, 6.45) is 11.4. The van der Waals surface area contributed by atoms with E-state index in [9.17, 15) is 14.7 Å². The molecule has 0 spiro atoms. The number of hydrogen-bond donors (Lipinski definition) is 2. The first-order valence-electron chi connectivity index (χ1n) is 12.9. The van der Waals surface area contributed by atoms with E-state index in [1.165, 1.54) is 0 Å². The molecule has 0 fully saturated rings. The second-order valence-corrected chi connectivity index (χ2v) is 12.0. The fraction of sp³-hybridized carbons (Fsp3) is 0.621. The zero-order chi connectivity index (χ0) is 25.9. The number of carbonyl (C=O) groups is 2. The topological polar surface area (TPSA) is 78.8 Å². The lowest BCUT2D eigenvalue weighted by Crippen LogP contribution is -2.35. The van der Waals surface area contributed by atoms with Crippen LogP contribution in [0.4, 0.5) is 4.39 Å². The van der Waals surface area contributed by atoms with Gasteiger partial charge >= 0.3 is 5.97 Å². The Morgan fingerprint density at radius 2 is 1.94 bits per heavy atom. The molecule has 3 rings (SSSR count). The zero-order valence-corrected chi connectivity index (χ0v) is 22.0. The van der Waals surface area contributed by atoms with Crippen LogP contribution in [-0.4, -0.2) is 28.7 Å². The Morgan fingerprint density at radius 3 is 2.51 bits per heavy atom. The van der Waals surface area contributed by atoms with Crippen molar-refractivity contribution in [3.8, 4) is 0 Å². The maximum absolute atomic E-state index is 15.1. The number of nitrogens with one attached hydrogen (secondary N) is 1. The van der Waals surface area contributed by atoms with Crippen LogP contribution >= 0.6 is 0 Å². The van der Waals surface area contributed by atoms with E-state index in [1.807, 2.05) is 45.1 Å². The van der Waals surface area contributed by atoms with E-state index in [4.69, 9.17) is 4.99 Å². The molecule has 3 aliphatic rings. The van der Waals surface area contributed by atoms with Gasteiger partial charge in [-0.05, 0) is 61.5 Å². The van der Waals surface area contributed by atoms with E-state index in [2.05, 4.69) is 26.1 Å². The van der Waals surface area contributed by atoms with Gasteiger partial charge in [-0.15, -0.1) is 0 Å². The molecule has 2 aliphatic carbocycles. The molecule has 1 amide bonds. The van der Waals surface area contributed by atoms with Gasteiger partial charge in [-0.1, -0.05) is 65.3 Å². The quantitative estimate of drug-likeness (QED) is 0.411. The molecule has 1 heterocycles. The molecule has 1 aliphatic heterocycles. The average Bonchev–Trinajstić information content (AvgIpc) is 3.16. The van der Waals surface area contributed by atoms with Crippen LogP contribution in [-0.2, 0) is 9.59 Å². The number of aliphatic carboxylic acids is 1. The van der Waals surface area contributed by atoms with Crippen molar-refractivity contribution in [2.24, 2.45) is 34.1 Å². The first-order chi connectivity index (χ1) is 16.4. The molecule has 3 unspecified atom stereocenters. The summed E-state index contributed by atoms with van der Waals surface area (Å²) in [5.74, 6) is -1.96. The van der Waals surface area contributed by atoms with Crippen molar-refractivity contribution >= 4 is 17.6 Å². The molecule has 4 atom stereocenters. The number of amides is 1. The van der Waals surface area contributed by atoms with E-state index in [1.54, 1.807) is 0 Å². The molecule has 192 valence electrons. The minimum Gasteiger partial charge on any atom is -0.481 e. The number of rotatable bonds is 8. The maximum Gasteiger partial charge on any atom is 0.310 e. The molecule has 0 aromatic rings. The summed E-state index contributed by atoms with van der Waals surface area (Å²) in [6, 6.07) is -0.0223. The van der Waals surface area contributed by atoms with Gasteiger partial charge in [-0.25, -0.2) is 4.39 Å². The van der Waals surface area contributed by atoms with Gasteiger partial charge in [0, 0.05) is 17.5 Å². The molecule has 0 saturated heterocycles. The SMILES string of the molecule is CC(C)CC(C(=O)O)C1=CC=C(NC(=O)C2=NC(CC(C)(C)C)C[C@H]2C2=C(F)C(C)CC=C2)CC1. The summed E-state index contributed by atoms with van der Waals surface area (Å²) in [6.45, 7) is 12.4. The Hall–Kier alpha value is -2.50. The summed E-state index contributed by atoms with van der Waals surface area (Å²) in [4.78, 5) is 29.9. The molecule has 0 bridgehead atoms. The Bertz CT molecular complexity index is 994. The van der Waals surface area contributed by atoms with E-state index >= 15 is 4.39 Å². The van der Waals surface area contributed by atoms with E-state index in [0.717, 1.165) is 17.7 Å². The molecule has 5 nitrogen and oxygen atoms in total. The minimum atomic E-state index is -0.802. The fourth-order valence-electron chi connectivity index (χ4n) is 5.34. The van der Waals surface area contributed by atoms with Crippen molar-refractivity contribution in [1.29, 1.82) is 0 Å². The molecule has 0 saturated carbocycles. The molecule has 0 radical (unpaired) electrons. The minimum absolute atomic E-state index is 0.0223. The van der Waals surface area contributed by atoms with Crippen molar-refractivity contribution in [3.63, 3.8) is 0 Å². The van der Waals surface area contributed by atoms with Crippen LogP contribution in [0.15, 0.2) is 52.0 Å². The maximum atomic E-state index is 15.1. The van der Waals surface area contributed by atoms with Crippen molar-refractivity contribution in [3.05, 3.63) is 47.0 Å². The number of carbonyl (C=O) groups excluding carboxylic acids is 1. The fourth-order valence-corrected chi connectivity index (χ4v) is 5.34. The highest BCUT2D eigenvalue weighted by atomic mass is 19.1. The third-order valence-electron chi connectivity index (χ3n) is 7.02. The van der Waals surface area contributed by atoms with Gasteiger partial charge in [0.15, 0.2) is 0 Å². The number of nitrogens with zero attached hydrogens (tertiary/aromatic N) is 1. The Labute approximate surface area is 209 Å². The lowest BCUT2D eigenvalue weighted by molar-refractivity contribution is -0.141. The highest BCUT2D eigenvalue weighted by Gasteiger charge is 2.38. The summed E-state index contributed by atoms with van der Waals surface area (Å²) in [5, 5.41) is 12.6. The lowest BCUT2D eigenvalue weighted by atomic mass is 9.81. The van der Waals surface area contributed by atoms with Gasteiger partial charge in [0.2, 0.25) is 0 Å². The lowest BCUT2D eigenvalue weighted by Gasteiger charge is -2.24. The van der Waals surface area contributed by atoms with Crippen molar-refractivity contribution in [2.45, 2.75) is 86.1 Å². The monoisotopic (exact) mass is 484 g/mol. The van der Waals surface area contributed by atoms with Crippen LogP contribution in [0.25, 0.3) is 0 Å². The number of hydrogen-bond acceptors (Lipinski definition) is 3. The Morgan fingerprint density at radius 1 is 1.23 bits per heavy atom. The largest absolute Gasteiger partial charge is 0.481 e. The Kier molecular flexibility index (Phi) is 8.55. The third kappa shape index (κ3) is 7.02. The smallest absolute Gasteiger partial charge is 0.310 e. The Balaban J connectivity index is 1.81. The molecule has 35 heavy (non-hydrogen) atoms. The van der Waals surface area contributed by atoms with E-state index in [0.29, 0.717) is 43.4 Å². The van der Waals surface area contributed by atoms with Crippen LogP contribution in [0.5, 0.6) is 0 Å². The van der Waals surface area contributed by atoms with Gasteiger partial charge < -0.3 is 10.4 Å². The molecule has 6 heteroatoms. The predicted molar refractivity (Wildman–Crippen MR) is 139 cm³/mol. The molecule has 0 aromatic heterocycles. The molecule has 2 N–H and O–H groups in total. The van der Waals surface area contributed by atoms with Crippen LogP contribution in [0.3, 0.4) is 0 Å². The number of aliphatic imine (C=N–C) groups is 1. The zero-order valence-electron chi connectivity index (χ0n) is 22.0. The number of halogens is 1. The van der Waals surface area contributed by atoms with E-state index in [-0.39, 0.29) is 40.9 Å². The van der Waals surface area contributed by atoms with Crippen LogP contribution in [0.1, 0.15) is 80.1 Å². The van der Waals surface area contributed by atoms with Crippen LogP contribution in [0.2, 0.25) is 0 Å². The molecule has 0 aromatic carbocycles. The summed E-state index contributed by atoms with van der Waals surface area (Å²) < 4.78 is 15.1. The van der Waals surface area contributed by atoms with Crippen molar-refractivity contribution < 1.29 is 19.1 Å². The van der Waals surface area contributed by atoms with Gasteiger partial charge in [0.25, 0.3) is 5.91 Å². The van der Waals surface area contributed by atoms with Crippen LogP contribution in [0, 0.1) is 29.1 Å². The average molecular weight is 485 g/mol. The number of allylic oxidation sites excluding steroid dienone is 7. The first-order valence-corrected chi connectivity index (χ1v) is 12.9. The van der Waals surface area contributed by atoms with Gasteiger partial charge in [0.1, 0.15) is 11.5 Å². The second kappa shape index (κ2) is 11.0. The highest BCUT2D eigenvalue weighted by molar-refractivity contribution is 6.41. The summed E-state index contributed by atoms with van der Waals surface area (Å²) in [7, 11) is 0. The van der Waals surface area contributed by atoms with Gasteiger partial charge in [0.05, 0.1) is 12.0 Å². The standard InChI is InChI=1S/C29H41FN2O3/c1-17(2)14-23(28(34)35)19-10-12-20(13-11-19)32-27(33)26-24(15-21(31-26)16-29(4,5)6)22-9-7-8-18(3)25(22)30/h7,9-10,12,17-18,21,23-24H,8,11,13-16H2,1-6H3,(H,32,33)(H,34,35)/t18?,21?,23?,24-/m0/s1. The molecular formula is C29H41FN2O3. The number of carboxylic acid groups (broad SMARTS) is 1. The second-order valence-electron chi connectivity index (χ2n) is 12.0. The van der Waals surface area contributed by atoms with Crippen molar-refractivity contribution in [2.75, 3.05) is 0 Å².